The number of aromatic nitrogens is 2. The van der Waals surface area contributed by atoms with Crippen molar-refractivity contribution in [1.29, 1.82) is 0 Å². The number of aliphatic hydroxyl groups is 1. The van der Waals surface area contributed by atoms with Gasteiger partial charge in [0.1, 0.15) is 0 Å². The van der Waals surface area contributed by atoms with Gasteiger partial charge in [0.05, 0.1) is 23.5 Å². The molecule has 1 aromatic rings. The quantitative estimate of drug-likeness (QED) is 0.566. The molecule has 1 saturated carbocycles. The lowest BCUT2D eigenvalue weighted by Crippen LogP contribution is -2.33. The minimum atomic E-state index is -0.360. The number of aryl methyl sites for hydroxylation is 1. The third-order valence-electron chi connectivity index (χ3n) is 3.41. The lowest BCUT2D eigenvalue weighted by molar-refractivity contribution is 0.144. The average Bonchev–Trinajstić information content (AvgIpc) is 2.51. The molecule has 1 aromatic heterocycles. The first-order chi connectivity index (χ1) is 8.58. The third-order valence-corrected chi connectivity index (χ3v) is 3.58. The van der Waals surface area contributed by atoms with E-state index in [4.69, 9.17) is 17.3 Å². The number of nitrogens with two attached hydrogens (primary N) is 1. The molecule has 1 fully saturated rings. The number of hydrogen-bond donors (Lipinski definition) is 3. The molecule has 5 nitrogen and oxygen atoms in total. The van der Waals surface area contributed by atoms with Crippen molar-refractivity contribution in [1.82, 2.24) is 9.97 Å². The van der Waals surface area contributed by atoms with Crippen molar-refractivity contribution in [3.05, 3.63) is 11.0 Å². The van der Waals surface area contributed by atoms with E-state index in [-0.39, 0.29) is 17.4 Å². The minimum absolute atomic E-state index is 0.0137. The number of nitrogens with zero attached hydrogens (tertiary/aromatic N) is 2. The van der Waals surface area contributed by atoms with Gasteiger partial charge >= 0.3 is 0 Å². The standard InChI is InChI=1S/C12H19ClN4O/c1-7-10(14)11(17-12(13)15-7)16-8-5-3-2-4-6-9(8)18/h8-9,18H,2-6,14H2,1H3,(H,15,16,17). The zero-order chi connectivity index (χ0) is 13.1. The van der Waals surface area contributed by atoms with Crippen molar-refractivity contribution in [2.45, 2.75) is 51.2 Å². The molecule has 0 spiro atoms. The Hall–Kier alpha value is -1.07. The highest BCUT2D eigenvalue weighted by atomic mass is 35.5. The zero-order valence-electron chi connectivity index (χ0n) is 10.5. The Balaban J connectivity index is 2.17. The molecule has 0 radical (unpaired) electrons. The van der Waals surface area contributed by atoms with E-state index in [0.717, 1.165) is 32.1 Å². The smallest absolute Gasteiger partial charge is 0.224 e. The summed E-state index contributed by atoms with van der Waals surface area (Å²) in [4.78, 5) is 8.09. The van der Waals surface area contributed by atoms with E-state index >= 15 is 0 Å². The highest BCUT2D eigenvalue weighted by Gasteiger charge is 2.23. The van der Waals surface area contributed by atoms with Crippen LogP contribution in [-0.2, 0) is 0 Å². The molecular weight excluding hydrogens is 252 g/mol. The van der Waals surface area contributed by atoms with Crippen LogP contribution in [0.5, 0.6) is 0 Å². The second-order valence-electron chi connectivity index (χ2n) is 4.80. The number of nitrogens with one attached hydrogen (secondary N) is 1. The Morgan fingerprint density at radius 3 is 2.78 bits per heavy atom. The fourth-order valence-corrected chi connectivity index (χ4v) is 2.50. The summed E-state index contributed by atoms with van der Waals surface area (Å²) in [6.45, 7) is 1.79. The van der Waals surface area contributed by atoms with Crippen LogP contribution < -0.4 is 11.1 Å². The molecular formula is C12H19ClN4O. The van der Waals surface area contributed by atoms with E-state index < -0.39 is 0 Å². The highest BCUT2D eigenvalue weighted by Crippen LogP contribution is 2.25. The number of aliphatic hydroxyl groups excluding tert-OH is 1. The summed E-state index contributed by atoms with van der Waals surface area (Å²) in [5.74, 6) is 0.526. The first-order valence-corrected chi connectivity index (χ1v) is 6.70. The molecule has 18 heavy (non-hydrogen) atoms. The molecule has 2 atom stereocenters. The molecule has 2 rings (SSSR count). The molecule has 0 saturated heterocycles. The van der Waals surface area contributed by atoms with E-state index in [9.17, 15) is 5.11 Å². The number of nitrogen functional groups attached to an aromatic ring is 1. The first kappa shape index (κ1) is 13.4. The van der Waals surface area contributed by atoms with Gasteiger partial charge in [-0.1, -0.05) is 19.3 Å². The summed E-state index contributed by atoms with van der Waals surface area (Å²) in [7, 11) is 0. The van der Waals surface area contributed by atoms with E-state index in [1.54, 1.807) is 6.92 Å². The van der Waals surface area contributed by atoms with Crippen molar-refractivity contribution in [3.63, 3.8) is 0 Å². The Kier molecular flexibility index (Phi) is 4.24. The predicted molar refractivity (Wildman–Crippen MR) is 72.7 cm³/mol. The number of anilines is 2. The van der Waals surface area contributed by atoms with Gasteiger partial charge in [0.25, 0.3) is 0 Å². The van der Waals surface area contributed by atoms with Crippen LogP contribution in [0.3, 0.4) is 0 Å². The Morgan fingerprint density at radius 2 is 2.00 bits per heavy atom. The molecule has 1 aliphatic rings. The second-order valence-corrected chi connectivity index (χ2v) is 5.13. The van der Waals surface area contributed by atoms with Gasteiger partial charge in [-0.2, -0.15) is 4.98 Å². The van der Waals surface area contributed by atoms with Gasteiger partial charge in [0.2, 0.25) is 5.28 Å². The monoisotopic (exact) mass is 270 g/mol. The van der Waals surface area contributed by atoms with Crippen LogP contribution in [0, 0.1) is 6.92 Å². The predicted octanol–water partition coefficient (Wildman–Crippen LogP) is 2.13. The summed E-state index contributed by atoms with van der Waals surface area (Å²) >= 11 is 5.83. The average molecular weight is 271 g/mol. The van der Waals surface area contributed by atoms with Gasteiger partial charge in [0, 0.05) is 0 Å². The normalized spacial score (nSPS) is 24.6. The molecule has 0 bridgehead atoms. The van der Waals surface area contributed by atoms with Crippen LogP contribution in [0.25, 0.3) is 0 Å². The minimum Gasteiger partial charge on any atom is -0.394 e. The van der Waals surface area contributed by atoms with Crippen molar-refractivity contribution < 1.29 is 5.11 Å². The first-order valence-electron chi connectivity index (χ1n) is 6.32. The van der Waals surface area contributed by atoms with Crippen LogP contribution in [0.2, 0.25) is 5.28 Å². The summed E-state index contributed by atoms with van der Waals surface area (Å²) in [6, 6.07) is -0.0137. The molecule has 2 unspecified atom stereocenters. The molecule has 0 aromatic carbocycles. The molecule has 1 heterocycles. The van der Waals surface area contributed by atoms with Crippen molar-refractivity contribution in [3.8, 4) is 0 Å². The third kappa shape index (κ3) is 3.03. The largest absolute Gasteiger partial charge is 0.394 e. The fraction of sp³-hybridized carbons (Fsp3) is 0.667. The Labute approximate surface area is 112 Å². The second kappa shape index (κ2) is 5.71. The highest BCUT2D eigenvalue weighted by molar-refractivity contribution is 6.28. The van der Waals surface area contributed by atoms with Crippen molar-refractivity contribution >= 4 is 23.1 Å². The van der Waals surface area contributed by atoms with E-state index in [1.807, 2.05) is 0 Å². The maximum Gasteiger partial charge on any atom is 0.224 e. The molecule has 0 amide bonds. The van der Waals surface area contributed by atoms with Gasteiger partial charge in [-0.25, -0.2) is 4.98 Å². The van der Waals surface area contributed by atoms with Crippen LogP contribution >= 0.6 is 11.6 Å². The van der Waals surface area contributed by atoms with E-state index in [0.29, 0.717) is 17.2 Å². The van der Waals surface area contributed by atoms with Gasteiger partial charge in [-0.05, 0) is 31.4 Å². The molecule has 0 aliphatic heterocycles. The fourth-order valence-electron chi connectivity index (χ4n) is 2.29. The molecule has 6 heteroatoms. The zero-order valence-corrected chi connectivity index (χ0v) is 11.2. The van der Waals surface area contributed by atoms with Crippen LogP contribution in [0.4, 0.5) is 11.5 Å². The number of rotatable bonds is 2. The number of hydrogen-bond acceptors (Lipinski definition) is 5. The van der Waals surface area contributed by atoms with Gasteiger partial charge < -0.3 is 16.2 Å². The Morgan fingerprint density at radius 1 is 1.28 bits per heavy atom. The lowest BCUT2D eigenvalue weighted by Gasteiger charge is -2.23. The van der Waals surface area contributed by atoms with Crippen LogP contribution in [0.15, 0.2) is 0 Å². The molecule has 4 N–H and O–H groups in total. The summed E-state index contributed by atoms with van der Waals surface area (Å²) in [6.07, 6.45) is 4.70. The maximum atomic E-state index is 10.1. The van der Waals surface area contributed by atoms with E-state index in [2.05, 4.69) is 15.3 Å². The molecule has 100 valence electrons. The van der Waals surface area contributed by atoms with Crippen LogP contribution in [-0.4, -0.2) is 27.2 Å². The molecule has 1 aliphatic carbocycles. The number of halogens is 1. The van der Waals surface area contributed by atoms with Gasteiger partial charge in [-0.3, -0.25) is 0 Å². The summed E-state index contributed by atoms with van der Waals surface area (Å²) in [5.41, 5.74) is 7.07. The van der Waals surface area contributed by atoms with Crippen LogP contribution in [0.1, 0.15) is 37.8 Å². The van der Waals surface area contributed by atoms with Crippen molar-refractivity contribution in [2.75, 3.05) is 11.1 Å². The van der Waals surface area contributed by atoms with E-state index in [1.165, 1.54) is 0 Å². The maximum absolute atomic E-state index is 10.1. The van der Waals surface area contributed by atoms with Crippen molar-refractivity contribution in [2.24, 2.45) is 0 Å². The Bertz CT molecular complexity index is 427. The lowest BCUT2D eigenvalue weighted by atomic mass is 10.1. The summed E-state index contributed by atoms with van der Waals surface area (Å²) in [5, 5.41) is 13.4. The SMILES string of the molecule is Cc1nc(Cl)nc(NC2CCCCCC2O)c1N. The van der Waals surface area contributed by atoms with Gasteiger partial charge in [-0.15, -0.1) is 0 Å². The van der Waals surface area contributed by atoms with Gasteiger partial charge in [0.15, 0.2) is 5.82 Å². The summed E-state index contributed by atoms with van der Waals surface area (Å²) < 4.78 is 0. The topological polar surface area (TPSA) is 84.1 Å².